The standard InChI is InChI=1S/C18H11Cl3N2OS/c19-13-7-2-4-10-11(13)5-1-6-12(10)17(24)23-18(25)22-15-9-3-8-14(20)16(15)21/h1-9H,(H2,22,23,24,25). The Kier molecular flexibility index (Phi) is 5.45. The summed E-state index contributed by atoms with van der Waals surface area (Å²) < 4.78 is 0. The van der Waals surface area contributed by atoms with Gasteiger partial charge in [-0.3, -0.25) is 10.1 Å². The van der Waals surface area contributed by atoms with Crippen molar-refractivity contribution in [2.75, 3.05) is 5.32 Å². The van der Waals surface area contributed by atoms with Crippen LogP contribution in [0.3, 0.4) is 0 Å². The van der Waals surface area contributed by atoms with Crippen molar-refractivity contribution >= 4 is 74.5 Å². The molecule has 3 aromatic rings. The zero-order chi connectivity index (χ0) is 18.0. The van der Waals surface area contributed by atoms with E-state index >= 15 is 0 Å². The van der Waals surface area contributed by atoms with Crippen molar-refractivity contribution in [2.45, 2.75) is 0 Å². The van der Waals surface area contributed by atoms with Crippen LogP contribution in [0.1, 0.15) is 10.4 Å². The van der Waals surface area contributed by atoms with Crippen LogP contribution in [0.25, 0.3) is 10.8 Å². The lowest BCUT2D eigenvalue weighted by Gasteiger charge is -2.12. The van der Waals surface area contributed by atoms with E-state index in [1.54, 1.807) is 42.5 Å². The van der Waals surface area contributed by atoms with E-state index in [4.69, 9.17) is 47.0 Å². The molecule has 7 heteroatoms. The molecule has 0 saturated heterocycles. The van der Waals surface area contributed by atoms with Gasteiger partial charge in [-0.05, 0) is 41.9 Å². The van der Waals surface area contributed by atoms with Crippen LogP contribution >= 0.6 is 47.0 Å². The normalized spacial score (nSPS) is 10.5. The van der Waals surface area contributed by atoms with Gasteiger partial charge in [-0.25, -0.2) is 0 Å². The van der Waals surface area contributed by atoms with Crippen LogP contribution in [-0.2, 0) is 0 Å². The monoisotopic (exact) mass is 408 g/mol. The maximum atomic E-state index is 12.6. The maximum Gasteiger partial charge on any atom is 0.258 e. The van der Waals surface area contributed by atoms with Crippen molar-refractivity contribution < 1.29 is 4.79 Å². The number of amides is 1. The maximum absolute atomic E-state index is 12.6. The van der Waals surface area contributed by atoms with Gasteiger partial charge in [0.2, 0.25) is 0 Å². The summed E-state index contributed by atoms with van der Waals surface area (Å²) in [5.74, 6) is -0.344. The SMILES string of the molecule is O=C(NC(=S)Nc1cccc(Cl)c1Cl)c1cccc2c(Cl)cccc12. The van der Waals surface area contributed by atoms with E-state index in [9.17, 15) is 4.79 Å². The Hall–Kier alpha value is -1.85. The predicted octanol–water partition coefficient (Wildman–Crippen LogP) is 5.93. The summed E-state index contributed by atoms with van der Waals surface area (Å²) in [4.78, 5) is 12.6. The van der Waals surface area contributed by atoms with Crippen LogP contribution in [0.4, 0.5) is 5.69 Å². The molecule has 126 valence electrons. The van der Waals surface area contributed by atoms with Gasteiger partial charge in [0.25, 0.3) is 5.91 Å². The molecule has 0 aliphatic carbocycles. The van der Waals surface area contributed by atoms with E-state index in [0.29, 0.717) is 26.3 Å². The van der Waals surface area contributed by atoms with Crippen LogP contribution < -0.4 is 10.6 Å². The number of anilines is 1. The molecular weight excluding hydrogens is 399 g/mol. The second-order valence-electron chi connectivity index (χ2n) is 5.15. The van der Waals surface area contributed by atoms with E-state index in [-0.39, 0.29) is 11.0 Å². The lowest BCUT2D eigenvalue weighted by molar-refractivity contribution is 0.0979. The molecule has 3 rings (SSSR count). The molecule has 0 fully saturated rings. The van der Waals surface area contributed by atoms with Crippen molar-refractivity contribution in [1.29, 1.82) is 0 Å². The second-order valence-corrected chi connectivity index (χ2v) is 6.75. The molecule has 0 unspecified atom stereocenters. The number of halogens is 3. The highest BCUT2D eigenvalue weighted by Crippen LogP contribution is 2.29. The summed E-state index contributed by atoms with van der Waals surface area (Å²) in [6.07, 6.45) is 0. The lowest BCUT2D eigenvalue weighted by Crippen LogP contribution is -2.34. The predicted molar refractivity (Wildman–Crippen MR) is 109 cm³/mol. The molecule has 0 atom stereocenters. The number of carbonyl (C=O) groups excluding carboxylic acids is 1. The Bertz CT molecular complexity index is 991. The molecule has 0 aliphatic heterocycles. The third-order valence-corrected chi connectivity index (χ3v) is 4.89. The minimum Gasteiger partial charge on any atom is -0.331 e. The Morgan fingerprint density at radius 3 is 2.28 bits per heavy atom. The fourth-order valence-electron chi connectivity index (χ4n) is 2.39. The zero-order valence-corrected chi connectivity index (χ0v) is 15.7. The lowest BCUT2D eigenvalue weighted by atomic mass is 10.0. The van der Waals surface area contributed by atoms with Gasteiger partial charge in [0, 0.05) is 16.0 Å². The molecule has 0 bridgehead atoms. The fourth-order valence-corrected chi connectivity index (χ4v) is 3.18. The van der Waals surface area contributed by atoms with Crippen LogP contribution in [-0.4, -0.2) is 11.0 Å². The van der Waals surface area contributed by atoms with E-state index < -0.39 is 0 Å². The van der Waals surface area contributed by atoms with Gasteiger partial charge in [0.05, 0.1) is 15.7 Å². The summed E-state index contributed by atoms with van der Waals surface area (Å²) in [6, 6.07) is 15.9. The quantitative estimate of drug-likeness (QED) is 0.516. The number of benzene rings is 3. The number of hydrogen-bond acceptors (Lipinski definition) is 2. The molecule has 0 saturated carbocycles. The third-order valence-electron chi connectivity index (χ3n) is 3.54. The number of nitrogens with one attached hydrogen (secondary N) is 2. The number of carbonyl (C=O) groups is 1. The third kappa shape index (κ3) is 3.88. The molecule has 0 aliphatic rings. The van der Waals surface area contributed by atoms with Gasteiger partial charge in [0.15, 0.2) is 5.11 Å². The molecule has 0 aromatic heterocycles. The smallest absolute Gasteiger partial charge is 0.258 e. The van der Waals surface area contributed by atoms with Crippen LogP contribution in [0.5, 0.6) is 0 Å². The Labute approximate surface area is 164 Å². The highest BCUT2D eigenvalue weighted by molar-refractivity contribution is 7.80. The summed E-state index contributed by atoms with van der Waals surface area (Å²) >= 11 is 23.4. The first-order valence-corrected chi connectivity index (χ1v) is 8.75. The first-order valence-electron chi connectivity index (χ1n) is 7.21. The molecule has 3 aromatic carbocycles. The van der Waals surface area contributed by atoms with Crippen LogP contribution in [0.2, 0.25) is 15.1 Å². The topological polar surface area (TPSA) is 41.1 Å². The van der Waals surface area contributed by atoms with Crippen molar-refractivity contribution in [3.05, 3.63) is 75.2 Å². The number of fused-ring (bicyclic) bond motifs is 1. The van der Waals surface area contributed by atoms with Gasteiger partial charge in [-0.1, -0.05) is 65.1 Å². The van der Waals surface area contributed by atoms with Crippen molar-refractivity contribution in [3.8, 4) is 0 Å². The minimum atomic E-state index is -0.344. The molecule has 0 radical (unpaired) electrons. The van der Waals surface area contributed by atoms with E-state index in [2.05, 4.69) is 10.6 Å². The van der Waals surface area contributed by atoms with Gasteiger partial charge < -0.3 is 5.32 Å². The Morgan fingerprint density at radius 1 is 0.840 bits per heavy atom. The fraction of sp³-hybridized carbons (Fsp3) is 0. The summed E-state index contributed by atoms with van der Waals surface area (Å²) in [6.45, 7) is 0. The van der Waals surface area contributed by atoms with Gasteiger partial charge >= 0.3 is 0 Å². The number of rotatable bonds is 2. The molecule has 1 amide bonds. The van der Waals surface area contributed by atoms with Crippen LogP contribution in [0, 0.1) is 0 Å². The van der Waals surface area contributed by atoms with E-state index in [1.165, 1.54) is 0 Å². The average molecular weight is 410 g/mol. The molecule has 2 N–H and O–H groups in total. The number of hydrogen-bond donors (Lipinski definition) is 2. The summed E-state index contributed by atoms with van der Waals surface area (Å²) in [7, 11) is 0. The first-order chi connectivity index (χ1) is 12.0. The highest BCUT2D eigenvalue weighted by atomic mass is 35.5. The molecule has 25 heavy (non-hydrogen) atoms. The minimum absolute atomic E-state index is 0.119. The van der Waals surface area contributed by atoms with Crippen molar-refractivity contribution in [3.63, 3.8) is 0 Å². The summed E-state index contributed by atoms with van der Waals surface area (Å²) in [5, 5.41) is 8.48. The van der Waals surface area contributed by atoms with Crippen molar-refractivity contribution in [1.82, 2.24) is 5.32 Å². The summed E-state index contributed by atoms with van der Waals surface area (Å²) in [5.41, 5.74) is 0.988. The van der Waals surface area contributed by atoms with Crippen molar-refractivity contribution in [2.24, 2.45) is 0 Å². The first kappa shape index (κ1) is 18.0. The van der Waals surface area contributed by atoms with Gasteiger partial charge in [0.1, 0.15) is 0 Å². The highest BCUT2D eigenvalue weighted by Gasteiger charge is 2.13. The zero-order valence-electron chi connectivity index (χ0n) is 12.6. The van der Waals surface area contributed by atoms with E-state index in [0.717, 1.165) is 10.8 Å². The second kappa shape index (κ2) is 7.58. The van der Waals surface area contributed by atoms with E-state index in [1.807, 2.05) is 12.1 Å². The molecule has 0 spiro atoms. The van der Waals surface area contributed by atoms with Gasteiger partial charge in [-0.2, -0.15) is 0 Å². The Balaban J connectivity index is 1.82. The largest absolute Gasteiger partial charge is 0.331 e. The van der Waals surface area contributed by atoms with Gasteiger partial charge in [-0.15, -0.1) is 0 Å². The molecular formula is C18H11Cl3N2OS. The van der Waals surface area contributed by atoms with Crippen LogP contribution in [0.15, 0.2) is 54.6 Å². The average Bonchev–Trinajstić information content (AvgIpc) is 2.59. The molecule has 0 heterocycles. The Morgan fingerprint density at radius 2 is 1.48 bits per heavy atom. The molecule has 3 nitrogen and oxygen atoms in total. The number of thiocarbonyl (C=S) groups is 1.